The van der Waals surface area contributed by atoms with Crippen molar-refractivity contribution in [2.75, 3.05) is 0 Å². The highest BCUT2D eigenvalue weighted by Gasteiger charge is 2.35. The highest BCUT2D eigenvalue weighted by Crippen LogP contribution is 2.45. The highest BCUT2D eigenvalue weighted by molar-refractivity contribution is 6.02. The first-order chi connectivity index (χ1) is 11.4. The lowest BCUT2D eigenvalue weighted by molar-refractivity contribution is 0.417. The first-order valence-corrected chi connectivity index (χ1v) is 8.96. The summed E-state index contributed by atoms with van der Waals surface area (Å²) in [6, 6.07) is 20.1. The predicted molar refractivity (Wildman–Crippen MR) is 98.6 cm³/mol. The number of allylic oxidation sites excluding steroid dienone is 2. The third-order valence-electron chi connectivity index (χ3n) is 6.06. The van der Waals surface area contributed by atoms with Gasteiger partial charge >= 0.3 is 0 Å². The molecule has 0 heterocycles. The number of rotatable bonds is 3. The molecule has 2 aliphatic rings. The average molecular weight is 298 g/mol. The second-order valence-corrected chi connectivity index (χ2v) is 7.38. The zero-order valence-electron chi connectivity index (χ0n) is 13.4. The highest BCUT2D eigenvalue weighted by atomic mass is 14.4. The standard InChI is InChI=1S/C23H22/c1-3-7-21-19(5-1)15-20-6-2-4-8-22(20)23(21)12-11-18-14-16-9-10-17(18)13-16/h1-10,15-18H,11-14H2. The first kappa shape index (κ1) is 13.4. The Balaban J connectivity index is 1.56. The van der Waals surface area contributed by atoms with Crippen LogP contribution in [0, 0.1) is 17.8 Å². The number of hydrogen-bond donors (Lipinski definition) is 0. The van der Waals surface area contributed by atoms with Gasteiger partial charge in [0.05, 0.1) is 0 Å². The fraction of sp³-hybridized carbons (Fsp3) is 0.304. The Morgan fingerprint density at radius 1 is 0.783 bits per heavy atom. The first-order valence-electron chi connectivity index (χ1n) is 8.96. The number of hydrogen-bond acceptors (Lipinski definition) is 0. The van der Waals surface area contributed by atoms with Crippen LogP contribution in [0.5, 0.6) is 0 Å². The Bertz CT molecular complexity index is 848. The van der Waals surface area contributed by atoms with Crippen LogP contribution in [0.3, 0.4) is 0 Å². The van der Waals surface area contributed by atoms with Crippen molar-refractivity contribution in [2.24, 2.45) is 17.8 Å². The maximum atomic E-state index is 2.49. The third-order valence-corrected chi connectivity index (χ3v) is 6.06. The summed E-state index contributed by atoms with van der Waals surface area (Å²) < 4.78 is 0. The van der Waals surface area contributed by atoms with Crippen molar-refractivity contribution >= 4 is 21.5 Å². The average Bonchev–Trinajstić information content (AvgIpc) is 3.21. The molecular weight excluding hydrogens is 276 g/mol. The maximum absolute atomic E-state index is 2.49. The molecule has 0 aromatic heterocycles. The van der Waals surface area contributed by atoms with E-state index in [0.717, 1.165) is 17.8 Å². The van der Waals surface area contributed by atoms with Crippen LogP contribution in [0.2, 0.25) is 0 Å². The molecular formula is C23H22. The van der Waals surface area contributed by atoms with Gasteiger partial charge in [-0.05, 0) is 76.6 Å². The summed E-state index contributed by atoms with van der Waals surface area (Å²) in [7, 11) is 0. The Labute approximate surface area is 137 Å². The van der Waals surface area contributed by atoms with Crippen LogP contribution < -0.4 is 0 Å². The van der Waals surface area contributed by atoms with E-state index in [9.17, 15) is 0 Å². The zero-order chi connectivity index (χ0) is 15.2. The minimum Gasteiger partial charge on any atom is -0.0851 e. The summed E-state index contributed by atoms with van der Waals surface area (Å²) in [5.41, 5.74) is 1.56. The molecule has 2 bridgehead atoms. The van der Waals surface area contributed by atoms with Crippen molar-refractivity contribution in [1.29, 1.82) is 0 Å². The topological polar surface area (TPSA) is 0 Å². The smallest absolute Gasteiger partial charge is 0.0146 e. The SMILES string of the molecule is C1=CC2CC1CC2CCc1c2ccccc2cc2ccccc12. The van der Waals surface area contributed by atoms with Crippen LogP contribution in [0.15, 0.2) is 66.7 Å². The lowest BCUT2D eigenvalue weighted by Gasteiger charge is -2.19. The second-order valence-electron chi connectivity index (χ2n) is 7.38. The van der Waals surface area contributed by atoms with E-state index in [0.29, 0.717) is 0 Å². The molecule has 3 atom stereocenters. The fourth-order valence-corrected chi connectivity index (χ4v) is 4.93. The van der Waals surface area contributed by atoms with Gasteiger partial charge in [-0.1, -0.05) is 60.7 Å². The molecule has 3 aromatic carbocycles. The van der Waals surface area contributed by atoms with Crippen LogP contribution in [0.4, 0.5) is 0 Å². The minimum absolute atomic E-state index is 0.862. The van der Waals surface area contributed by atoms with Crippen molar-refractivity contribution < 1.29 is 0 Å². The van der Waals surface area contributed by atoms with Gasteiger partial charge in [0.1, 0.15) is 0 Å². The molecule has 3 unspecified atom stereocenters. The molecule has 0 aliphatic heterocycles. The Hall–Kier alpha value is -2.08. The van der Waals surface area contributed by atoms with Crippen LogP contribution in [0.1, 0.15) is 24.8 Å². The maximum Gasteiger partial charge on any atom is -0.0146 e. The Kier molecular flexibility index (Phi) is 3.04. The Morgan fingerprint density at radius 3 is 2.09 bits per heavy atom. The van der Waals surface area contributed by atoms with Crippen molar-refractivity contribution in [3.8, 4) is 0 Å². The molecule has 3 aromatic rings. The van der Waals surface area contributed by atoms with Gasteiger partial charge in [0.2, 0.25) is 0 Å². The fourth-order valence-electron chi connectivity index (χ4n) is 4.93. The summed E-state index contributed by atoms with van der Waals surface area (Å²) in [6.45, 7) is 0. The van der Waals surface area contributed by atoms with E-state index < -0.39 is 0 Å². The van der Waals surface area contributed by atoms with Gasteiger partial charge in [0.25, 0.3) is 0 Å². The Morgan fingerprint density at radius 2 is 1.48 bits per heavy atom. The molecule has 2 aliphatic carbocycles. The van der Waals surface area contributed by atoms with Crippen molar-refractivity contribution in [1.82, 2.24) is 0 Å². The summed E-state index contributed by atoms with van der Waals surface area (Å²) in [5.74, 6) is 2.65. The summed E-state index contributed by atoms with van der Waals surface area (Å²) in [6.07, 6.45) is 10.3. The van der Waals surface area contributed by atoms with Crippen LogP contribution in [-0.4, -0.2) is 0 Å². The summed E-state index contributed by atoms with van der Waals surface area (Å²) in [5, 5.41) is 5.66. The molecule has 0 spiro atoms. The van der Waals surface area contributed by atoms with E-state index >= 15 is 0 Å². The van der Waals surface area contributed by atoms with Gasteiger partial charge in [-0.15, -0.1) is 0 Å². The lowest BCUT2D eigenvalue weighted by atomic mass is 9.86. The van der Waals surface area contributed by atoms with E-state index in [2.05, 4.69) is 66.7 Å². The molecule has 0 radical (unpaired) electrons. The molecule has 23 heavy (non-hydrogen) atoms. The summed E-state index contributed by atoms with van der Waals surface area (Å²) >= 11 is 0. The van der Waals surface area contributed by atoms with Gasteiger partial charge in [0, 0.05) is 0 Å². The van der Waals surface area contributed by atoms with Crippen LogP contribution in [-0.2, 0) is 6.42 Å². The van der Waals surface area contributed by atoms with Gasteiger partial charge in [-0.3, -0.25) is 0 Å². The van der Waals surface area contributed by atoms with Crippen molar-refractivity contribution in [3.63, 3.8) is 0 Å². The van der Waals surface area contributed by atoms with E-state index in [1.165, 1.54) is 47.2 Å². The molecule has 5 rings (SSSR count). The molecule has 1 fully saturated rings. The molecule has 114 valence electrons. The van der Waals surface area contributed by atoms with Gasteiger partial charge < -0.3 is 0 Å². The van der Waals surface area contributed by atoms with E-state index in [1.54, 1.807) is 5.56 Å². The molecule has 1 saturated carbocycles. The van der Waals surface area contributed by atoms with E-state index in [4.69, 9.17) is 0 Å². The van der Waals surface area contributed by atoms with Crippen molar-refractivity contribution in [3.05, 3.63) is 72.3 Å². The van der Waals surface area contributed by atoms with Crippen molar-refractivity contribution in [2.45, 2.75) is 25.7 Å². The quantitative estimate of drug-likeness (QED) is 0.402. The molecule has 0 N–H and O–H groups in total. The van der Waals surface area contributed by atoms with Gasteiger partial charge in [-0.2, -0.15) is 0 Å². The normalized spacial score (nSPS) is 25.7. The van der Waals surface area contributed by atoms with E-state index in [-0.39, 0.29) is 0 Å². The molecule has 0 heteroatoms. The van der Waals surface area contributed by atoms with E-state index in [1.807, 2.05) is 0 Å². The largest absolute Gasteiger partial charge is 0.0851 e. The monoisotopic (exact) mass is 298 g/mol. The number of benzene rings is 3. The predicted octanol–water partition coefficient (Wildman–Crippen LogP) is 6.14. The van der Waals surface area contributed by atoms with Gasteiger partial charge in [-0.25, -0.2) is 0 Å². The van der Waals surface area contributed by atoms with Crippen LogP contribution in [0.25, 0.3) is 21.5 Å². The zero-order valence-corrected chi connectivity index (χ0v) is 13.4. The lowest BCUT2D eigenvalue weighted by Crippen LogP contribution is -2.08. The van der Waals surface area contributed by atoms with Gasteiger partial charge in [0.15, 0.2) is 0 Å². The number of aryl methyl sites for hydroxylation is 1. The third kappa shape index (κ3) is 2.20. The molecule has 0 nitrogen and oxygen atoms in total. The minimum atomic E-state index is 0.862. The summed E-state index contributed by atoms with van der Waals surface area (Å²) in [4.78, 5) is 0. The number of fused-ring (bicyclic) bond motifs is 4. The second kappa shape index (κ2) is 5.23. The molecule has 0 saturated heterocycles. The van der Waals surface area contributed by atoms with Crippen LogP contribution >= 0.6 is 0 Å². The molecule has 0 amide bonds.